The number of alkyl halides is 3. The normalized spacial score (nSPS) is 18.8. The van der Waals surface area contributed by atoms with E-state index in [2.05, 4.69) is 38.7 Å². The van der Waals surface area contributed by atoms with Crippen LogP contribution in [-0.4, -0.2) is 56.7 Å². The molecule has 1 aliphatic carbocycles. The zero-order valence-corrected chi connectivity index (χ0v) is 17.4. The third-order valence-corrected chi connectivity index (χ3v) is 5.34. The minimum Gasteiger partial charge on any atom is -0.475 e. The molecule has 0 aromatic carbocycles. The van der Waals surface area contributed by atoms with Crippen molar-refractivity contribution in [1.29, 1.82) is 0 Å². The van der Waals surface area contributed by atoms with Crippen LogP contribution >= 0.6 is 0 Å². The molecule has 2 aliphatic rings. The molecule has 4 rings (SSSR count). The standard InChI is InChI=1S/C19H26N4O.C2HF3O2/c1-2-23-19-16(11-21-23)8-10-22(12-17-5-3-4-9-20-17)18(19)14-24-13-15-6-7-15;3-2(4,5)1(6)7/h3-5,9,11,15,18H,2,6-8,10,12-14H2,1H3;(H,6,7). The van der Waals surface area contributed by atoms with E-state index in [1.807, 2.05) is 18.5 Å². The van der Waals surface area contributed by atoms with Crippen molar-refractivity contribution in [3.63, 3.8) is 0 Å². The smallest absolute Gasteiger partial charge is 0.475 e. The first kappa shape index (κ1) is 23.2. The summed E-state index contributed by atoms with van der Waals surface area (Å²) in [6, 6.07) is 6.42. The molecule has 7 nitrogen and oxygen atoms in total. The van der Waals surface area contributed by atoms with Crippen LogP contribution in [0.15, 0.2) is 30.6 Å². The molecule has 170 valence electrons. The highest BCUT2D eigenvalue weighted by Gasteiger charge is 2.38. The molecular weight excluding hydrogens is 413 g/mol. The first-order chi connectivity index (χ1) is 14.8. The summed E-state index contributed by atoms with van der Waals surface area (Å²) in [7, 11) is 0. The van der Waals surface area contributed by atoms with Gasteiger partial charge in [-0.25, -0.2) is 4.79 Å². The average molecular weight is 440 g/mol. The Labute approximate surface area is 178 Å². The van der Waals surface area contributed by atoms with Gasteiger partial charge in [-0.05, 0) is 49.8 Å². The fraction of sp³-hybridized carbons (Fsp3) is 0.571. The zero-order chi connectivity index (χ0) is 22.4. The Morgan fingerprint density at radius 1 is 1.29 bits per heavy atom. The number of aryl methyl sites for hydroxylation is 1. The number of pyridine rings is 1. The Kier molecular flexibility index (Phi) is 7.66. The molecule has 0 spiro atoms. The van der Waals surface area contributed by atoms with E-state index in [-0.39, 0.29) is 6.04 Å². The molecule has 0 bridgehead atoms. The Hall–Kier alpha value is -2.46. The van der Waals surface area contributed by atoms with Gasteiger partial charge >= 0.3 is 12.1 Å². The Balaban J connectivity index is 0.000000339. The largest absolute Gasteiger partial charge is 0.490 e. The SMILES string of the molecule is CCn1ncc2c1C(COCC1CC1)N(Cc1ccccn1)CC2.O=C(O)C(F)(F)F. The summed E-state index contributed by atoms with van der Waals surface area (Å²) in [4.78, 5) is 15.9. The molecule has 10 heteroatoms. The van der Waals surface area contributed by atoms with Gasteiger partial charge in [-0.2, -0.15) is 18.3 Å². The molecule has 31 heavy (non-hydrogen) atoms. The molecule has 2 aromatic rings. The molecular formula is C21H27F3N4O3. The number of carboxylic acid groups (broad SMARTS) is 1. The van der Waals surface area contributed by atoms with Gasteiger partial charge in [0.15, 0.2) is 0 Å². The first-order valence-electron chi connectivity index (χ1n) is 10.4. The van der Waals surface area contributed by atoms with Gasteiger partial charge in [-0.15, -0.1) is 0 Å². The molecule has 3 heterocycles. The fourth-order valence-corrected chi connectivity index (χ4v) is 3.56. The maximum Gasteiger partial charge on any atom is 0.490 e. The maximum absolute atomic E-state index is 10.6. The van der Waals surface area contributed by atoms with Gasteiger partial charge < -0.3 is 9.84 Å². The molecule has 0 saturated heterocycles. The van der Waals surface area contributed by atoms with E-state index in [0.29, 0.717) is 0 Å². The number of aromatic nitrogens is 3. The van der Waals surface area contributed by atoms with Crippen LogP contribution in [0.1, 0.15) is 42.8 Å². The van der Waals surface area contributed by atoms with Crippen molar-refractivity contribution in [3.8, 4) is 0 Å². The van der Waals surface area contributed by atoms with Gasteiger partial charge in [-0.3, -0.25) is 14.6 Å². The fourth-order valence-electron chi connectivity index (χ4n) is 3.56. The van der Waals surface area contributed by atoms with Gasteiger partial charge in [0.1, 0.15) is 0 Å². The highest BCUT2D eigenvalue weighted by Crippen LogP contribution is 2.33. The summed E-state index contributed by atoms with van der Waals surface area (Å²) >= 11 is 0. The monoisotopic (exact) mass is 440 g/mol. The van der Waals surface area contributed by atoms with E-state index in [0.717, 1.165) is 50.9 Å². The highest BCUT2D eigenvalue weighted by molar-refractivity contribution is 5.73. The summed E-state index contributed by atoms with van der Waals surface area (Å²) in [6.45, 7) is 6.63. The summed E-state index contributed by atoms with van der Waals surface area (Å²) in [5.74, 6) is -1.96. The van der Waals surface area contributed by atoms with E-state index in [1.54, 1.807) is 0 Å². The highest BCUT2D eigenvalue weighted by atomic mass is 19.4. The van der Waals surface area contributed by atoms with Crippen molar-refractivity contribution in [2.75, 3.05) is 19.8 Å². The second-order valence-corrected chi connectivity index (χ2v) is 7.71. The van der Waals surface area contributed by atoms with Crippen molar-refractivity contribution >= 4 is 5.97 Å². The third kappa shape index (κ3) is 6.51. The topological polar surface area (TPSA) is 80.5 Å². The molecule has 1 unspecified atom stereocenters. The lowest BCUT2D eigenvalue weighted by atomic mass is 9.99. The lowest BCUT2D eigenvalue weighted by Crippen LogP contribution is -2.38. The second kappa shape index (κ2) is 10.2. The number of aliphatic carboxylic acids is 1. The van der Waals surface area contributed by atoms with Crippen LogP contribution in [0.5, 0.6) is 0 Å². The molecule has 1 saturated carbocycles. The molecule has 0 radical (unpaired) electrons. The number of carboxylic acids is 1. The molecule has 1 atom stereocenters. The van der Waals surface area contributed by atoms with Gasteiger partial charge in [0.25, 0.3) is 0 Å². The van der Waals surface area contributed by atoms with Gasteiger partial charge in [0.05, 0.1) is 30.2 Å². The maximum atomic E-state index is 10.6. The number of hydrogen-bond donors (Lipinski definition) is 1. The lowest BCUT2D eigenvalue weighted by Gasteiger charge is -2.36. The van der Waals surface area contributed by atoms with Gasteiger partial charge in [0.2, 0.25) is 0 Å². The summed E-state index contributed by atoms with van der Waals surface area (Å²) in [5.41, 5.74) is 3.85. The molecule has 1 N–H and O–H groups in total. The van der Waals surface area contributed by atoms with Crippen molar-refractivity contribution in [1.82, 2.24) is 19.7 Å². The predicted octanol–water partition coefficient (Wildman–Crippen LogP) is 3.46. The van der Waals surface area contributed by atoms with Crippen LogP contribution in [0, 0.1) is 5.92 Å². The van der Waals surface area contributed by atoms with E-state index in [9.17, 15) is 13.2 Å². The van der Waals surface area contributed by atoms with Crippen molar-refractivity contribution in [2.45, 2.75) is 51.5 Å². The zero-order valence-electron chi connectivity index (χ0n) is 17.4. The van der Waals surface area contributed by atoms with Crippen molar-refractivity contribution in [3.05, 3.63) is 47.5 Å². The van der Waals surface area contributed by atoms with E-state index in [4.69, 9.17) is 14.6 Å². The summed E-state index contributed by atoms with van der Waals surface area (Å²) in [5, 5.41) is 11.7. The van der Waals surface area contributed by atoms with Crippen LogP contribution in [-0.2, 0) is 29.0 Å². The Morgan fingerprint density at radius 2 is 2.03 bits per heavy atom. The summed E-state index contributed by atoms with van der Waals surface area (Å²) < 4.78 is 40.0. The number of hydrogen-bond acceptors (Lipinski definition) is 5. The van der Waals surface area contributed by atoms with Crippen molar-refractivity contribution in [2.24, 2.45) is 5.92 Å². The van der Waals surface area contributed by atoms with E-state index >= 15 is 0 Å². The predicted molar refractivity (Wildman–Crippen MR) is 106 cm³/mol. The molecule has 0 amide bonds. The number of halogens is 3. The third-order valence-electron chi connectivity index (χ3n) is 5.34. The number of nitrogens with zero attached hydrogens (tertiary/aromatic N) is 4. The van der Waals surface area contributed by atoms with Crippen molar-refractivity contribution < 1.29 is 27.8 Å². The minimum absolute atomic E-state index is 0.275. The minimum atomic E-state index is -5.08. The van der Waals surface area contributed by atoms with Crippen LogP contribution < -0.4 is 0 Å². The first-order valence-corrected chi connectivity index (χ1v) is 10.4. The number of fused-ring (bicyclic) bond motifs is 1. The number of ether oxygens (including phenoxy) is 1. The molecule has 2 aromatic heterocycles. The number of carbonyl (C=O) groups is 1. The van der Waals surface area contributed by atoms with E-state index < -0.39 is 12.1 Å². The van der Waals surface area contributed by atoms with Crippen LogP contribution in [0.3, 0.4) is 0 Å². The Morgan fingerprint density at radius 3 is 2.61 bits per heavy atom. The molecule has 1 aliphatic heterocycles. The summed E-state index contributed by atoms with van der Waals surface area (Å²) in [6.07, 6.45) is 2.56. The van der Waals surface area contributed by atoms with Crippen LogP contribution in [0.25, 0.3) is 0 Å². The van der Waals surface area contributed by atoms with E-state index in [1.165, 1.54) is 24.1 Å². The quantitative estimate of drug-likeness (QED) is 0.710. The van der Waals surface area contributed by atoms with Crippen LogP contribution in [0.4, 0.5) is 13.2 Å². The second-order valence-electron chi connectivity index (χ2n) is 7.71. The Bertz CT molecular complexity index is 840. The average Bonchev–Trinajstić information content (AvgIpc) is 3.46. The van der Waals surface area contributed by atoms with Crippen LogP contribution in [0.2, 0.25) is 0 Å². The van der Waals surface area contributed by atoms with Gasteiger partial charge in [-0.1, -0.05) is 6.07 Å². The van der Waals surface area contributed by atoms with Gasteiger partial charge in [0, 0.05) is 32.4 Å². The molecule has 1 fully saturated rings. The number of rotatable bonds is 7. The lowest BCUT2D eigenvalue weighted by molar-refractivity contribution is -0.192.